The number of aromatic nitrogens is 3. The minimum atomic E-state index is -1.16. The monoisotopic (exact) mass is 253 g/mol. The number of likely N-dealkylation sites (tertiary alicyclic amines) is 1. The van der Waals surface area contributed by atoms with E-state index in [1.165, 1.54) is 12.4 Å². The molecule has 2 amide bonds. The third-order valence-corrected chi connectivity index (χ3v) is 2.53. The van der Waals surface area contributed by atoms with Crippen LogP contribution in [0.1, 0.15) is 6.42 Å². The Hall–Kier alpha value is -2.29. The van der Waals surface area contributed by atoms with Gasteiger partial charge < -0.3 is 15.1 Å². The molecule has 2 heterocycles. The summed E-state index contributed by atoms with van der Waals surface area (Å²) in [6.45, 7) is -0.0386. The highest BCUT2D eigenvalue weighted by atomic mass is 16.4. The Morgan fingerprint density at radius 1 is 1.44 bits per heavy atom. The number of carboxylic acid groups (broad SMARTS) is 1. The number of amides is 2. The molecule has 1 aromatic heterocycles. The zero-order valence-corrected chi connectivity index (χ0v) is 9.22. The lowest BCUT2D eigenvalue weighted by atomic mass is 10.2. The van der Waals surface area contributed by atoms with Crippen LogP contribution in [0.2, 0.25) is 0 Å². The second-order valence-electron chi connectivity index (χ2n) is 3.79. The number of anilines is 1. The summed E-state index contributed by atoms with van der Waals surface area (Å²) in [5.41, 5.74) is 0. The largest absolute Gasteiger partial charge is 0.480 e. The van der Waals surface area contributed by atoms with Crippen LogP contribution in [0.4, 0.5) is 10.7 Å². The van der Waals surface area contributed by atoms with Gasteiger partial charge in [0.05, 0.1) is 18.5 Å². The van der Waals surface area contributed by atoms with Gasteiger partial charge >= 0.3 is 12.0 Å². The molecular formula is C9H11N5O4. The molecule has 9 nitrogen and oxygen atoms in total. The number of rotatable bonds is 2. The number of β-amino-alcohol motifs (C(OH)–C–C–N with tert-alkyl or cyclic N) is 1. The van der Waals surface area contributed by atoms with Gasteiger partial charge in [0.25, 0.3) is 5.95 Å². The van der Waals surface area contributed by atoms with Gasteiger partial charge in [-0.05, 0) is 0 Å². The molecule has 3 N–H and O–H groups in total. The molecule has 1 fully saturated rings. The predicted molar refractivity (Wildman–Crippen MR) is 57.6 cm³/mol. The molecule has 1 saturated heterocycles. The molecule has 0 aliphatic carbocycles. The molecule has 0 spiro atoms. The van der Waals surface area contributed by atoms with Crippen LogP contribution in [0.15, 0.2) is 12.4 Å². The number of carbonyl (C=O) groups is 2. The second kappa shape index (κ2) is 4.92. The van der Waals surface area contributed by atoms with Crippen LogP contribution in [0, 0.1) is 0 Å². The SMILES string of the molecule is O=C(O)[C@@H]1C[C@H](O)CN1C(=O)Nc1nccnn1. The van der Waals surface area contributed by atoms with E-state index in [9.17, 15) is 14.7 Å². The Morgan fingerprint density at radius 2 is 2.22 bits per heavy atom. The average Bonchev–Trinajstić information content (AvgIpc) is 2.73. The van der Waals surface area contributed by atoms with Crippen LogP contribution in [0.5, 0.6) is 0 Å². The third-order valence-electron chi connectivity index (χ3n) is 2.53. The lowest BCUT2D eigenvalue weighted by Gasteiger charge is -2.20. The fraction of sp³-hybridized carbons (Fsp3) is 0.444. The van der Waals surface area contributed by atoms with Crippen LogP contribution in [0.3, 0.4) is 0 Å². The number of carboxylic acids is 1. The van der Waals surface area contributed by atoms with E-state index in [0.717, 1.165) is 4.90 Å². The van der Waals surface area contributed by atoms with Crippen molar-refractivity contribution in [1.82, 2.24) is 20.1 Å². The molecule has 0 saturated carbocycles. The van der Waals surface area contributed by atoms with Gasteiger partial charge in [0.15, 0.2) is 0 Å². The van der Waals surface area contributed by atoms with Crippen molar-refractivity contribution >= 4 is 17.9 Å². The lowest BCUT2D eigenvalue weighted by molar-refractivity contribution is -0.141. The fourth-order valence-corrected chi connectivity index (χ4v) is 1.74. The van der Waals surface area contributed by atoms with Gasteiger partial charge in [0.1, 0.15) is 6.04 Å². The van der Waals surface area contributed by atoms with Crippen molar-refractivity contribution in [1.29, 1.82) is 0 Å². The number of aliphatic hydroxyl groups excluding tert-OH is 1. The molecule has 0 bridgehead atoms. The van der Waals surface area contributed by atoms with Gasteiger partial charge in [-0.1, -0.05) is 0 Å². The van der Waals surface area contributed by atoms with Gasteiger partial charge in [-0.15, -0.1) is 5.10 Å². The summed E-state index contributed by atoms with van der Waals surface area (Å²) < 4.78 is 0. The van der Waals surface area contributed by atoms with Crippen molar-refractivity contribution < 1.29 is 19.8 Å². The lowest BCUT2D eigenvalue weighted by Crippen LogP contribution is -2.43. The second-order valence-corrected chi connectivity index (χ2v) is 3.79. The summed E-state index contributed by atoms with van der Waals surface area (Å²) in [5, 5.41) is 27.7. The standard InChI is InChI=1S/C9H11N5O4/c15-5-3-6(7(16)17)14(4-5)9(18)12-8-10-1-2-11-13-8/h1-2,5-6,15H,3-4H2,(H,16,17)(H,10,12,13,18)/t5-,6-/m0/s1. The zero-order chi connectivity index (χ0) is 13.1. The number of aliphatic hydroxyl groups is 1. The van der Waals surface area contributed by atoms with E-state index in [1.54, 1.807) is 0 Å². The Kier molecular flexibility index (Phi) is 3.33. The van der Waals surface area contributed by atoms with Crippen LogP contribution >= 0.6 is 0 Å². The minimum Gasteiger partial charge on any atom is -0.480 e. The number of nitrogens with one attached hydrogen (secondary N) is 1. The Labute approximate surface area is 101 Å². The maximum absolute atomic E-state index is 11.8. The Morgan fingerprint density at radius 3 is 2.83 bits per heavy atom. The first kappa shape index (κ1) is 12.2. The maximum atomic E-state index is 11.8. The van der Waals surface area contributed by atoms with E-state index in [0.29, 0.717) is 0 Å². The Bertz CT molecular complexity index is 454. The minimum absolute atomic E-state index is 0.0106. The van der Waals surface area contributed by atoms with Crippen LogP contribution in [-0.2, 0) is 4.79 Å². The molecule has 1 aromatic rings. The number of nitrogens with zero attached hydrogens (tertiary/aromatic N) is 4. The van der Waals surface area contributed by atoms with E-state index in [1.807, 2.05) is 0 Å². The fourth-order valence-electron chi connectivity index (χ4n) is 1.74. The highest BCUT2D eigenvalue weighted by Gasteiger charge is 2.39. The summed E-state index contributed by atoms with van der Waals surface area (Å²) in [6, 6.07) is -1.72. The normalized spacial score (nSPS) is 22.8. The summed E-state index contributed by atoms with van der Waals surface area (Å²) in [4.78, 5) is 27.5. The van der Waals surface area contributed by atoms with E-state index >= 15 is 0 Å². The molecule has 1 aliphatic heterocycles. The molecule has 0 radical (unpaired) electrons. The number of hydrogen-bond donors (Lipinski definition) is 3. The molecule has 96 valence electrons. The quantitative estimate of drug-likeness (QED) is 0.611. The first-order valence-corrected chi connectivity index (χ1v) is 5.20. The highest BCUT2D eigenvalue weighted by Crippen LogP contribution is 2.18. The molecule has 1 aliphatic rings. The molecule has 2 atom stereocenters. The van der Waals surface area contributed by atoms with E-state index < -0.39 is 24.1 Å². The summed E-state index contributed by atoms with van der Waals surface area (Å²) in [5.74, 6) is -1.18. The van der Waals surface area contributed by atoms with Crippen LogP contribution < -0.4 is 5.32 Å². The van der Waals surface area contributed by atoms with Gasteiger partial charge in [-0.2, -0.15) is 5.10 Å². The molecular weight excluding hydrogens is 242 g/mol. The molecule has 9 heteroatoms. The topological polar surface area (TPSA) is 129 Å². The maximum Gasteiger partial charge on any atom is 0.326 e. The predicted octanol–water partition coefficient (Wildman–Crippen LogP) is -1.08. The first-order chi connectivity index (χ1) is 8.58. The van der Waals surface area contributed by atoms with Crippen molar-refractivity contribution in [2.24, 2.45) is 0 Å². The first-order valence-electron chi connectivity index (χ1n) is 5.20. The van der Waals surface area contributed by atoms with Crippen LogP contribution in [0.25, 0.3) is 0 Å². The van der Waals surface area contributed by atoms with E-state index in [2.05, 4.69) is 20.5 Å². The summed E-state index contributed by atoms with van der Waals surface area (Å²) in [7, 11) is 0. The van der Waals surface area contributed by atoms with Crippen molar-refractivity contribution in [3.05, 3.63) is 12.4 Å². The number of hydrogen-bond acceptors (Lipinski definition) is 6. The van der Waals surface area contributed by atoms with Gasteiger partial charge in [-0.25, -0.2) is 14.6 Å². The summed E-state index contributed by atoms with van der Waals surface area (Å²) in [6.07, 6.45) is 1.86. The van der Waals surface area contributed by atoms with Crippen molar-refractivity contribution in [2.75, 3.05) is 11.9 Å². The van der Waals surface area contributed by atoms with Gasteiger partial charge in [0, 0.05) is 13.0 Å². The van der Waals surface area contributed by atoms with Crippen LogP contribution in [-0.4, -0.2) is 61.0 Å². The van der Waals surface area contributed by atoms with E-state index in [4.69, 9.17) is 5.11 Å². The molecule has 2 rings (SSSR count). The summed E-state index contributed by atoms with van der Waals surface area (Å²) >= 11 is 0. The average molecular weight is 253 g/mol. The smallest absolute Gasteiger partial charge is 0.326 e. The molecule has 0 unspecified atom stereocenters. The van der Waals surface area contributed by atoms with Crippen molar-refractivity contribution in [3.8, 4) is 0 Å². The van der Waals surface area contributed by atoms with E-state index in [-0.39, 0.29) is 18.9 Å². The van der Waals surface area contributed by atoms with Crippen molar-refractivity contribution in [2.45, 2.75) is 18.6 Å². The van der Waals surface area contributed by atoms with Gasteiger partial charge in [-0.3, -0.25) is 5.32 Å². The number of urea groups is 1. The highest BCUT2D eigenvalue weighted by molar-refractivity contribution is 5.91. The third kappa shape index (κ3) is 2.51. The van der Waals surface area contributed by atoms with Gasteiger partial charge in [0.2, 0.25) is 0 Å². The number of carbonyl (C=O) groups excluding carboxylic acids is 1. The Balaban J connectivity index is 2.06. The number of aliphatic carboxylic acids is 1. The molecule has 0 aromatic carbocycles. The van der Waals surface area contributed by atoms with Crippen molar-refractivity contribution in [3.63, 3.8) is 0 Å². The molecule has 18 heavy (non-hydrogen) atoms. The zero-order valence-electron chi connectivity index (χ0n) is 9.22.